The van der Waals surface area contributed by atoms with Crippen molar-refractivity contribution in [1.82, 2.24) is 9.97 Å². The van der Waals surface area contributed by atoms with Gasteiger partial charge in [0.05, 0.1) is 11.8 Å². The minimum absolute atomic E-state index is 0.0327. The van der Waals surface area contributed by atoms with Crippen molar-refractivity contribution in [2.75, 3.05) is 0 Å². The molecule has 5 nitrogen and oxygen atoms in total. The van der Waals surface area contributed by atoms with Crippen LogP contribution in [0.5, 0.6) is 0 Å². The third kappa shape index (κ3) is 3.81. The highest BCUT2D eigenvalue weighted by atomic mass is 79.9. The number of carbonyl (C=O) groups excluding carboxylic acids is 1. The number of pyridine rings is 1. The Hall–Kier alpha value is -1.90. The van der Waals surface area contributed by atoms with Crippen LogP contribution in [0.15, 0.2) is 27.3 Å². The average molecular weight is 365 g/mol. The highest BCUT2D eigenvalue weighted by Gasteiger charge is 2.38. The van der Waals surface area contributed by atoms with Crippen molar-refractivity contribution in [2.24, 2.45) is 0 Å². The van der Waals surface area contributed by atoms with E-state index in [2.05, 4.69) is 25.9 Å². The Balaban J connectivity index is 2.19. The largest absolute Gasteiger partial charge is 0.452 e. The molecule has 112 valence electrons. The summed E-state index contributed by atoms with van der Waals surface area (Å²) in [6.45, 7) is 1.28. The van der Waals surface area contributed by atoms with Gasteiger partial charge in [0, 0.05) is 0 Å². The van der Waals surface area contributed by atoms with E-state index in [1.165, 1.54) is 12.3 Å². The molecule has 0 fully saturated rings. The third-order valence-corrected chi connectivity index (χ3v) is 2.79. The van der Waals surface area contributed by atoms with Gasteiger partial charge in [-0.3, -0.25) is 0 Å². The van der Waals surface area contributed by atoms with Crippen LogP contribution >= 0.6 is 15.9 Å². The summed E-state index contributed by atoms with van der Waals surface area (Å²) < 4.78 is 48.3. The van der Waals surface area contributed by atoms with Crippen LogP contribution in [0.3, 0.4) is 0 Å². The summed E-state index contributed by atoms with van der Waals surface area (Å²) in [6.07, 6.45) is -3.36. The smallest absolute Gasteiger partial charge is 0.434 e. The Morgan fingerprint density at radius 2 is 2.14 bits per heavy atom. The maximum Gasteiger partial charge on any atom is 0.434 e. The van der Waals surface area contributed by atoms with Crippen molar-refractivity contribution in [2.45, 2.75) is 19.7 Å². The Labute approximate surface area is 125 Å². The predicted octanol–water partition coefficient (Wildman–Crippen LogP) is 3.52. The van der Waals surface area contributed by atoms with Gasteiger partial charge in [0.15, 0.2) is 12.3 Å². The first kappa shape index (κ1) is 15.5. The van der Waals surface area contributed by atoms with E-state index in [0.717, 1.165) is 6.07 Å². The summed E-state index contributed by atoms with van der Waals surface area (Å²) in [7, 11) is 0. The minimum atomic E-state index is -4.77. The first-order valence-corrected chi connectivity index (χ1v) is 6.39. The summed E-state index contributed by atoms with van der Waals surface area (Å²) in [5, 5.41) is 0. The molecular formula is C12H8BrF3N2O3. The van der Waals surface area contributed by atoms with E-state index in [-0.39, 0.29) is 17.1 Å². The number of oxazole rings is 1. The Morgan fingerprint density at radius 3 is 2.71 bits per heavy atom. The van der Waals surface area contributed by atoms with Gasteiger partial charge >= 0.3 is 12.1 Å². The van der Waals surface area contributed by atoms with Gasteiger partial charge in [0.25, 0.3) is 0 Å². The number of nitrogens with zero attached hydrogens (tertiary/aromatic N) is 2. The lowest BCUT2D eigenvalue weighted by Gasteiger charge is -2.11. The van der Waals surface area contributed by atoms with E-state index in [1.54, 1.807) is 6.92 Å². The zero-order valence-electron chi connectivity index (χ0n) is 10.6. The second-order valence-electron chi connectivity index (χ2n) is 3.97. The molecule has 0 unspecified atom stereocenters. The first-order chi connectivity index (χ1) is 9.77. The van der Waals surface area contributed by atoms with E-state index in [0.29, 0.717) is 5.76 Å². The lowest BCUT2D eigenvalue weighted by atomic mass is 10.2. The van der Waals surface area contributed by atoms with E-state index < -0.39 is 23.4 Å². The fourth-order valence-corrected chi connectivity index (χ4v) is 1.80. The van der Waals surface area contributed by atoms with Gasteiger partial charge in [-0.05, 0) is 35.0 Å². The van der Waals surface area contributed by atoms with Gasteiger partial charge in [-0.1, -0.05) is 0 Å². The molecule has 0 aliphatic rings. The van der Waals surface area contributed by atoms with E-state index in [1.807, 2.05) is 0 Å². The van der Waals surface area contributed by atoms with Crippen molar-refractivity contribution in [3.8, 4) is 0 Å². The van der Waals surface area contributed by atoms with Crippen molar-refractivity contribution in [3.63, 3.8) is 0 Å². The monoisotopic (exact) mass is 364 g/mol. The normalized spacial score (nSPS) is 11.5. The molecule has 0 bridgehead atoms. The van der Waals surface area contributed by atoms with Crippen LogP contribution in [-0.2, 0) is 17.5 Å². The highest BCUT2D eigenvalue weighted by Crippen LogP contribution is 2.31. The first-order valence-electron chi connectivity index (χ1n) is 5.59. The molecule has 0 aromatic carbocycles. The molecule has 0 aliphatic carbocycles. The third-order valence-electron chi connectivity index (χ3n) is 2.35. The molecule has 0 spiro atoms. The maximum atomic E-state index is 12.8. The van der Waals surface area contributed by atoms with Crippen LogP contribution in [0.4, 0.5) is 13.2 Å². The molecule has 0 amide bonds. The molecule has 2 heterocycles. The number of rotatable bonds is 3. The predicted molar refractivity (Wildman–Crippen MR) is 67.3 cm³/mol. The summed E-state index contributed by atoms with van der Waals surface area (Å²) in [4.78, 5) is 18.8. The summed E-state index contributed by atoms with van der Waals surface area (Å²) in [6, 6.07) is 2.21. The minimum Gasteiger partial charge on any atom is -0.452 e. The van der Waals surface area contributed by atoms with Crippen LogP contribution in [0.2, 0.25) is 0 Å². The number of aryl methyl sites for hydroxylation is 1. The molecule has 2 aromatic rings. The topological polar surface area (TPSA) is 65.2 Å². The van der Waals surface area contributed by atoms with Crippen LogP contribution in [0.25, 0.3) is 0 Å². The summed E-state index contributed by atoms with van der Waals surface area (Å²) >= 11 is 2.83. The van der Waals surface area contributed by atoms with Gasteiger partial charge in [0.1, 0.15) is 10.4 Å². The van der Waals surface area contributed by atoms with Gasteiger partial charge in [0.2, 0.25) is 5.89 Å². The van der Waals surface area contributed by atoms with Crippen molar-refractivity contribution in [3.05, 3.63) is 45.8 Å². The fourth-order valence-electron chi connectivity index (χ4n) is 1.49. The fraction of sp³-hybridized carbons (Fsp3) is 0.250. The molecule has 0 N–H and O–H groups in total. The standard InChI is InChI=1S/C12H8BrF3N2O3/c1-6-4-17-9(21-6)5-20-11(19)7-2-3-8(13)18-10(7)12(14,15)16/h2-4H,5H2,1H3. The van der Waals surface area contributed by atoms with E-state index in [4.69, 9.17) is 9.15 Å². The molecule has 0 saturated carbocycles. The summed E-state index contributed by atoms with van der Waals surface area (Å²) in [5.41, 5.74) is -1.99. The van der Waals surface area contributed by atoms with E-state index in [9.17, 15) is 18.0 Å². The molecule has 0 atom stereocenters. The second kappa shape index (κ2) is 5.84. The average Bonchev–Trinajstić information content (AvgIpc) is 2.81. The van der Waals surface area contributed by atoms with E-state index >= 15 is 0 Å². The lowest BCUT2D eigenvalue weighted by Crippen LogP contribution is -2.17. The van der Waals surface area contributed by atoms with Crippen molar-refractivity contribution < 1.29 is 27.1 Å². The van der Waals surface area contributed by atoms with Crippen molar-refractivity contribution in [1.29, 1.82) is 0 Å². The molecule has 0 saturated heterocycles. The highest BCUT2D eigenvalue weighted by molar-refractivity contribution is 9.10. The SMILES string of the molecule is Cc1cnc(COC(=O)c2ccc(Br)nc2C(F)(F)F)o1. The van der Waals surface area contributed by atoms with Crippen LogP contribution in [-0.4, -0.2) is 15.9 Å². The van der Waals surface area contributed by atoms with Gasteiger partial charge in [-0.15, -0.1) is 0 Å². The number of aromatic nitrogens is 2. The number of alkyl halides is 3. The number of hydrogen-bond acceptors (Lipinski definition) is 5. The molecule has 2 aromatic heterocycles. The van der Waals surface area contributed by atoms with Gasteiger partial charge in [-0.2, -0.15) is 13.2 Å². The number of hydrogen-bond donors (Lipinski definition) is 0. The van der Waals surface area contributed by atoms with Crippen molar-refractivity contribution >= 4 is 21.9 Å². The number of esters is 1. The van der Waals surface area contributed by atoms with Crippen LogP contribution in [0.1, 0.15) is 27.7 Å². The van der Waals surface area contributed by atoms with Crippen LogP contribution < -0.4 is 0 Å². The Kier molecular flexibility index (Phi) is 4.31. The zero-order chi connectivity index (χ0) is 15.6. The zero-order valence-corrected chi connectivity index (χ0v) is 12.2. The Morgan fingerprint density at radius 1 is 1.43 bits per heavy atom. The molecule has 0 radical (unpaired) electrons. The van der Waals surface area contributed by atoms with Crippen LogP contribution in [0, 0.1) is 6.92 Å². The maximum absolute atomic E-state index is 12.8. The van der Waals surface area contributed by atoms with Gasteiger partial charge in [-0.25, -0.2) is 14.8 Å². The van der Waals surface area contributed by atoms with Gasteiger partial charge < -0.3 is 9.15 Å². The molecule has 9 heteroatoms. The molecular weight excluding hydrogens is 357 g/mol. The number of halogens is 4. The number of ether oxygens (including phenoxy) is 1. The lowest BCUT2D eigenvalue weighted by molar-refractivity contribution is -0.141. The number of carbonyl (C=O) groups is 1. The Bertz CT molecular complexity index is 670. The second-order valence-corrected chi connectivity index (χ2v) is 4.78. The quantitative estimate of drug-likeness (QED) is 0.615. The molecule has 21 heavy (non-hydrogen) atoms. The molecule has 0 aliphatic heterocycles. The molecule has 2 rings (SSSR count). The summed E-state index contributed by atoms with van der Waals surface area (Å²) in [5.74, 6) is -0.556.